The first-order valence-corrected chi connectivity index (χ1v) is 15.2. The predicted molar refractivity (Wildman–Crippen MR) is 146 cm³/mol. The number of halogens is 1. The third-order valence-electron chi connectivity index (χ3n) is 6.16. The van der Waals surface area contributed by atoms with Gasteiger partial charge in [0.15, 0.2) is 11.5 Å². The van der Waals surface area contributed by atoms with Crippen LogP contribution in [0.3, 0.4) is 0 Å². The molecule has 0 spiro atoms. The van der Waals surface area contributed by atoms with Crippen LogP contribution >= 0.6 is 30.7 Å². The number of nitrogens with zero attached hydrogens (tertiary/aromatic N) is 4. The predicted octanol–water partition coefficient (Wildman–Crippen LogP) is 6.62. The van der Waals surface area contributed by atoms with Gasteiger partial charge >= 0.3 is 7.60 Å². The van der Waals surface area contributed by atoms with E-state index in [2.05, 4.69) is 14.8 Å². The van der Waals surface area contributed by atoms with E-state index in [-0.39, 0.29) is 12.1 Å². The molecule has 1 fully saturated rings. The lowest BCUT2D eigenvalue weighted by Gasteiger charge is -2.13. The Balaban J connectivity index is 1.46. The second-order valence-corrected chi connectivity index (χ2v) is 12.2. The van der Waals surface area contributed by atoms with E-state index >= 15 is 0 Å². The van der Waals surface area contributed by atoms with Crippen molar-refractivity contribution in [3.8, 4) is 17.0 Å². The van der Waals surface area contributed by atoms with Gasteiger partial charge in [-0.1, -0.05) is 31.4 Å². The van der Waals surface area contributed by atoms with E-state index in [1.165, 1.54) is 30.6 Å². The van der Waals surface area contributed by atoms with Gasteiger partial charge < -0.3 is 14.7 Å². The molecule has 1 aliphatic rings. The maximum absolute atomic E-state index is 12.7. The zero-order chi connectivity index (χ0) is 26.0. The number of benzene rings is 1. The molecule has 3 heterocycles. The maximum atomic E-state index is 12.7. The Morgan fingerprint density at radius 2 is 2.11 bits per heavy atom. The van der Waals surface area contributed by atoms with Crippen molar-refractivity contribution >= 4 is 53.5 Å². The van der Waals surface area contributed by atoms with Crippen LogP contribution in [0.15, 0.2) is 41.9 Å². The number of rotatable bonds is 11. The van der Waals surface area contributed by atoms with Crippen molar-refractivity contribution in [1.82, 2.24) is 19.1 Å². The molecule has 1 saturated carbocycles. The molecule has 2 N–H and O–H groups in total. The van der Waals surface area contributed by atoms with Crippen molar-refractivity contribution in [3.05, 3.63) is 52.5 Å². The molecular formula is C25H27ClN5O4PS. The Kier molecular flexibility index (Phi) is 7.62. The summed E-state index contributed by atoms with van der Waals surface area (Å²) in [5.74, 6) is 1.21. The Bertz CT molecular complexity index is 1450. The summed E-state index contributed by atoms with van der Waals surface area (Å²) in [5, 5.41) is 10.3. The van der Waals surface area contributed by atoms with Crippen LogP contribution in [0.25, 0.3) is 22.3 Å². The van der Waals surface area contributed by atoms with Gasteiger partial charge in [0.05, 0.1) is 34.0 Å². The fourth-order valence-corrected chi connectivity index (χ4v) is 6.01. The molecule has 1 aromatic carbocycles. The first-order chi connectivity index (χ1) is 17.8. The normalized spacial score (nSPS) is 15.0. The van der Waals surface area contributed by atoms with E-state index in [0.29, 0.717) is 51.8 Å². The van der Waals surface area contributed by atoms with Crippen molar-refractivity contribution in [1.29, 1.82) is 0 Å². The van der Waals surface area contributed by atoms with Gasteiger partial charge in [0.1, 0.15) is 5.75 Å². The number of carbonyl (C=O) groups is 1. The molecule has 194 valence electrons. The average molecular weight is 560 g/mol. The average Bonchev–Trinajstić information content (AvgIpc) is 3.39. The molecule has 0 aliphatic heterocycles. The molecule has 0 radical (unpaired) electrons. The highest BCUT2D eigenvalue weighted by Gasteiger charge is 2.23. The number of aryl methyl sites for hydroxylation is 1. The summed E-state index contributed by atoms with van der Waals surface area (Å²) >= 11 is 7.87. The molecule has 12 heteroatoms. The molecule has 0 saturated heterocycles. The van der Waals surface area contributed by atoms with Gasteiger partial charge in [-0.05, 0) is 67.0 Å². The third kappa shape index (κ3) is 6.21. The summed E-state index contributed by atoms with van der Waals surface area (Å²) in [6, 6.07) is 8.52. The van der Waals surface area contributed by atoms with E-state index in [4.69, 9.17) is 21.1 Å². The van der Waals surface area contributed by atoms with Crippen molar-refractivity contribution in [2.75, 3.05) is 11.5 Å². The molecule has 4 aromatic rings. The molecule has 1 amide bonds. The Morgan fingerprint density at radius 3 is 2.78 bits per heavy atom. The minimum atomic E-state index is -3.68. The fraction of sp³-hybridized carbons (Fsp3) is 0.360. The summed E-state index contributed by atoms with van der Waals surface area (Å²) in [5.41, 5.74) is 2.36. The first-order valence-electron chi connectivity index (χ1n) is 12.2. The standard InChI is InChI=1S/C25H27ClN5O4PS/c1-2-12-36(33,34)35-19-9-7-17(8-10-19)22-21(26)13-20-23(29-25(32)18-14-27-37-15-18)30-31(24(20)28-22)11-3-4-16-5-6-16/h7-10,13-16H,2-6,11-12H2,1H3,(H,33,34)(H,29,30,32). The third-order valence-corrected chi connectivity index (χ3v) is 8.55. The largest absolute Gasteiger partial charge is 0.424 e. The molecule has 37 heavy (non-hydrogen) atoms. The second-order valence-electron chi connectivity index (χ2n) is 9.19. The fourth-order valence-electron chi connectivity index (χ4n) is 4.12. The number of nitrogens with one attached hydrogen (secondary N) is 1. The van der Waals surface area contributed by atoms with Crippen LogP contribution in [0.2, 0.25) is 5.02 Å². The van der Waals surface area contributed by atoms with Gasteiger partial charge in [-0.25, -0.2) is 18.6 Å². The van der Waals surface area contributed by atoms with Crippen LogP contribution < -0.4 is 9.84 Å². The lowest BCUT2D eigenvalue weighted by atomic mass is 10.1. The Labute approximate surface area is 223 Å². The van der Waals surface area contributed by atoms with E-state index in [9.17, 15) is 14.3 Å². The summed E-state index contributed by atoms with van der Waals surface area (Å²) < 4.78 is 23.2. The molecule has 9 nitrogen and oxygen atoms in total. The number of amides is 1. The smallest absolute Gasteiger partial charge is 0.376 e. The second kappa shape index (κ2) is 10.9. The quantitative estimate of drug-likeness (QED) is 0.198. The summed E-state index contributed by atoms with van der Waals surface area (Å²) in [7, 11) is -3.68. The number of pyridine rings is 1. The molecule has 1 unspecified atom stereocenters. The van der Waals surface area contributed by atoms with Crippen molar-refractivity contribution < 1.29 is 18.8 Å². The van der Waals surface area contributed by atoms with Crippen molar-refractivity contribution in [3.63, 3.8) is 0 Å². The van der Waals surface area contributed by atoms with Gasteiger partial charge in [0.2, 0.25) is 0 Å². The first kappa shape index (κ1) is 25.9. The van der Waals surface area contributed by atoms with Gasteiger partial charge in [-0.3, -0.25) is 4.79 Å². The van der Waals surface area contributed by atoms with Crippen LogP contribution in [0.4, 0.5) is 5.82 Å². The zero-order valence-corrected chi connectivity index (χ0v) is 22.7. The molecule has 0 bridgehead atoms. The van der Waals surface area contributed by atoms with Crippen LogP contribution in [0, 0.1) is 5.92 Å². The number of fused-ring (bicyclic) bond motifs is 1. The number of hydrogen-bond donors (Lipinski definition) is 2. The highest BCUT2D eigenvalue weighted by molar-refractivity contribution is 7.53. The van der Waals surface area contributed by atoms with Crippen LogP contribution in [-0.2, 0) is 11.1 Å². The van der Waals surface area contributed by atoms with Crippen molar-refractivity contribution in [2.24, 2.45) is 5.92 Å². The SMILES string of the molecule is CCCP(=O)(O)Oc1ccc(-c2nc3c(cc2Cl)c(NC(=O)c2cnsc2)nn3CCCC2CC2)cc1. The van der Waals surface area contributed by atoms with E-state index in [1.807, 2.05) is 11.6 Å². The lowest BCUT2D eigenvalue weighted by molar-refractivity contribution is 0.102. The molecular weight excluding hydrogens is 533 g/mol. The van der Waals surface area contributed by atoms with Crippen LogP contribution in [-0.4, -0.2) is 36.1 Å². The number of aromatic nitrogens is 4. The van der Waals surface area contributed by atoms with Gasteiger partial charge in [0, 0.05) is 17.5 Å². The summed E-state index contributed by atoms with van der Waals surface area (Å²) in [6.07, 6.45) is 6.84. The zero-order valence-electron chi connectivity index (χ0n) is 20.3. The van der Waals surface area contributed by atoms with Crippen LogP contribution in [0.5, 0.6) is 5.75 Å². The Morgan fingerprint density at radius 1 is 1.32 bits per heavy atom. The number of hydrogen-bond acceptors (Lipinski definition) is 7. The van der Waals surface area contributed by atoms with E-state index < -0.39 is 7.60 Å². The van der Waals surface area contributed by atoms with E-state index in [0.717, 1.165) is 24.3 Å². The Hall–Kier alpha value is -2.78. The minimum absolute atomic E-state index is 0.0886. The lowest BCUT2D eigenvalue weighted by Crippen LogP contribution is -2.12. The molecule has 3 aromatic heterocycles. The summed E-state index contributed by atoms with van der Waals surface area (Å²) in [4.78, 5) is 27.5. The molecule has 1 atom stereocenters. The van der Waals surface area contributed by atoms with Crippen LogP contribution in [0.1, 0.15) is 49.4 Å². The van der Waals surface area contributed by atoms with Gasteiger partial charge in [-0.2, -0.15) is 5.10 Å². The van der Waals surface area contributed by atoms with E-state index in [1.54, 1.807) is 35.7 Å². The monoisotopic (exact) mass is 559 g/mol. The number of carbonyl (C=O) groups excluding carboxylic acids is 1. The van der Waals surface area contributed by atoms with Gasteiger partial charge in [-0.15, -0.1) is 0 Å². The molecule has 1 aliphatic carbocycles. The minimum Gasteiger partial charge on any atom is -0.424 e. The van der Waals surface area contributed by atoms with Crippen molar-refractivity contribution in [2.45, 2.75) is 45.6 Å². The molecule has 5 rings (SSSR count). The number of anilines is 1. The summed E-state index contributed by atoms with van der Waals surface area (Å²) in [6.45, 7) is 2.50. The van der Waals surface area contributed by atoms with Gasteiger partial charge in [0.25, 0.3) is 5.91 Å². The highest BCUT2D eigenvalue weighted by Crippen LogP contribution is 2.43. The topological polar surface area (TPSA) is 119 Å². The highest BCUT2D eigenvalue weighted by atomic mass is 35.5. The maximum Gasteiger partial charge on any atom is 0.376 e.